The fourth-order valence-corrected chi connectivity index (χ4v) is 1.48. The van der Waals surface area contributed by atoms with Crippen LogP contribution in [0.15, 0.2) is 24.3 Å². The molecule has 1 atom stereocenters. The van der Waals surface area contributed by atoms with Crippen LogP contribution >= 0.6 is 0 Å². The molecule has 0 bridgehead atoms. The van der Waals surface area contributed by atoms with Crippen LogP contribution in [0, 0.1) is 0 Å². The van der Waals surface area contributed by atoms with Crippen molar-refractivity contribution in [2.75, 3.05) is 13.1 Å². The third kappa shape index (κ3) is 4.96. The van der Waals surface area contributed by atoms with Gasteiger partial charge in [0.2, 0.25) is 0 Å². The Kier molecular flexibility index (Phi) is 5.47. The maximum atomic E-state index is 12.3. The van der Waals surface area contributed by atoms with E-state index in [9.17, 15) is 13.2 Å². The molecule has 1 N–H and O–H groups in total. The average Bonchev–Trinajstić information content (AvgIpc) is 2.29. The second-order valence-electron chi connectivity index (χ2n) is 4.15. The lowest BCUT2D eigenvalue weighted by Crippen LogP contribution is -2.29. The largest absolute Gasteiger partial charge is 0.489 e. The van der Waals surface area contributed by atoms with E-state index in [0.29, 0.717) is 12.3 Å². The summed E-state index contributed by atoms with van der Waals surface area (Å²) in [5, 5.41) is 3.19. The molecule has 0 amide bonds. The predicted molar refractivity (Wildman–Crippen MR) is 64.7 cm³/mol. The molecule has 0 aromatic heterocycles. The quantitative estimate of drug-likeness (QED) is 0.792. The molecule has 1 aromatic carbocycles. The van der Waals surface area contributed by atoms with E-state index in [0.717, 1.165) is 25.1 Å². The smallest absolute Gasteiger partial charge is 0.416 e. The van der Waals surface area contributed by atoms with Crippen LogP contribution in [-0.4, -0.2) is 19.2 Å². The maximum absolute atomic E-state index is 12.3. The van der Waals surface area contributed by atoms with Crippen LogP contribution in [0.2, 0.25) is 0 Å². The van der Waals surface area contributed by atoms with Gasteiger partial charge in [-0.25, -0.2) is 0 Å². The van der Waals surface area contributed by atoms with Crippen LogP contribution in [0.25, 0.3) is 0 Å². The first-order chi connectivity index (χ1) is 8.43. The number of ether oxygens (including phenoxy) is 1. The fourth-order valence-electron chi connectivity index (χ4n) is 1.48. The van der Waals surface area contributed by atoms with Gasteiger partial charge in [-0.2, -0.15) is 13.2 Å². The van der Waals surface area contributed by atoms with Gasteiger partial charge < -0.3 is 10.1 Å². The Balaban J connectivity index is 2.48. The Labute approximate surface area is 105 Å². The molecule has 0 fully saturated rings. The van der Waals surface area contributed by atoms with Crippen molar-refractivity contribution >= 4 is 0 Å². The van der Waals surface area contributed by atoms with Gasteiger partial charge in [0.1, 0.15) is 11.9 Å². The molecule has 0 saturated heterocycles. The number of benzene rings is 1. The second kappa shape index (κ2) is 6.64. The minimum absolute atomic E-state index is 0.0757. The SMILES string of the molecule is CCCNCC(C)Oc1ccc(C(F)(F)F)cc1. The molecule has 0 heterocycles. The lowest BCUT2D eigenvalue weighted by molar-refractivity contribution is -0.137. The Morgan fingerprint density at radius 1 is 1.22 bits per heavy atom. The van der Waals surface area contributed by atoms with Crippen molar-refractivity contribution < 1.29 is 17.9 Å². The summed E-state index contributed by atoms with van der Waals surface area (Å²) in [6, 6.07) is 4.75. The molecule has 1 rings (SSSR count). The molecule has 2 nitrogen and oxygen atoms in total. The second-order valence-corrected chi connectivity index (χ2v) is 4.15. The molecule has 0 spiro atoms. The van der Waals surface area contributed by atoms with E-state index >= 15 is 0 Å². The van der Waals surface area contributed by atoms with Crippen LogP contribution in [0.5, 0.6) is 5.75 Å². The number of rotatable bonds is 6. The highest BCUT2D eigenvalue weighted by molar-refractivity contribution is 5.28. The van der Waals surface area contributed by atoms with E-state index in [1.165, 1.54) is 12.1 Å². The first-order valence-electron chi connectivity index (χ1n) is 5.98. The molecular formula is C13H18F3NO. The summed E-state index contributed by atoms with van der Waals surface area (Å²) in [5.74, 6) is 0.453. The zero-order chi connectivity index (χ0) is 13.6. The molecule has 18 heavy (non-hydrogen) atoms. The number of nitrogens with one attached hydrogen (secondary N) is 1. The molecule has 1 aromatic rings. The lowest BCUT2D eigenvalue weighted by atomic mass is 10.2. The zero-order valence-corrected chi connectivity index (χ0v) is 10.6. The highest BCUT2D eigenvalue weighted by Crippen LogP contribution is 2.30. The summed E-state index contributed by atoms with van der Waals surface area (Å²) >= 11 is 0. The summed E-state index contributed by atoms with van der Waals surface area (Å²) in [6.07, 6.45) is -3.34. The number of hydrogen-bond acceptors (Lipinski definition) is 2. The van der Waals surface area contributed by atoms with Crippen LogP contribution < -0.4 is 10.1 Å². The minimum atomic E-state index is -4.30. The molecule has 1 unspecified atom stereocenters. The molecule has 0 radical (unpaired) electrons. The van der Waals surface area contributed by atoms with E-state index in [-0.39, 0.29) is 6.10 Å². The fraction of sp³-hybridized carbons (Fsp3) is 0.538. The highest BCUT2D eigenvalue weighted by Gasteiger charge is 2.30. The lowest BCUT2D eigenvalue weighted by Gasteiger charge is -2.15. The van der Waals surface area contributed by atoms with Gasteiger partial charge in [-0.05, 0) is 44.2 Å². The van der Waals surface area contributed by atoms with Crippen molar-refractivity contribution in [1.82, 2.24) is 5.32 Å². The van der Waals surface area contributed by atoms with E-state index in [1.54, 1.807) is 0 Å². The predicted octanol–water partition coefficient (Wildman–Crippen LogP) is 3.47. The molecular weight excluding hydrogens is 243 g/mol. The maximum Gasteiger partial charge on any atom is 0.416 e. The average molecular weight is 261 g/mol. The number of alkyl halides is 3. The van der Waals surface area contributed by atoms with E-state index < -0.39 is 11.7 Å². The van der Waals surface area contributed by atoms with Crippen LogP contribution in [0.1, 0.15) is 25.8 Å². The molecule has 0 aliphatic heterocycles. The zero-order valence-electron chi connectivity index (χ0n) is 10.6. The van der Waals surface area contributed by atoms with Crippen molar-refractivity contribution in [3.63, 3.8) is 0 Å². The molecule has 5 heteroatoms. The van der Waals surface area contributed by atoms with Crippen molar-refractivity contribution in [3.8, 4) is 5.75 Å². The van der Waals surface area contributed by atoms with Gasteiger partial charge in [0.05, 0.1) is 5.56 Å². The van der Waals surface area contributed by atoms with Crippen LogP contribution in [0.4, 0.5) is 13.2 Å². The van der Waals surface area contributed by atoms with Gasteiger partial charge in [0.15, 0.2) is 0 Å². The van der Waals surface area contributed by atoms with Crippen LogP contribution in [-0.2, 0) is 6.18 Å². The molecule has 0 aliphatic carbocycles. The van der Waals surface area contributed by atoms with Gasteiger partial charge in [-0.1, -0.05) is 6.92 Å². The Hall–Kier alpha value is -1.23. The summed E-state index contributed by atoms with van der Waals surface area (Å²) in [4.78, 5) is 0. The summed E-state index contributed by atoms with van der Waals surface area (Å²) in [5.41, 5.74) is -0.661. The topological polar surface area (TPSA) is 21.3 Å². The normalized spacial score (nSPS) is 13.4. The van der Waals surface area contributed by atoms with Crippen LogP contribution in [0.3, 0.4) is 0 Å². The van der Waals surface area contributed by atoms with E-state index in [2.05, 4.69) is 12.2 Å². The van der Waals surface area contributed by atoms with Gasteiger partial charge in [-0.3, -0.25) is 0 Å². The van der Waals surface area contributed by atoms with Gasteiger partial charge >= 0.3 is 6.18 Å². The first kappa shape index (κ1) is 14.8. The Morgan fingerprint density at radius 3 is 2.33 bits per heavy atom. The van der Waals surface area contributed by atoms with Crippen molar-refractivity contribution in [2.24, 2.45) is 0 Å². The Bertz CT molecular complexity index is 348. The van der Waals surface area contributed by atoms with Gasteiger partial charge in [-0.15, -0.1) is 0 Å². The summed E-state index contributed by atoms with van der Waals surface area (Å²) < 4.78 is 42.5. The monoisotopic (exact) mass is 261 g/mol. The van der Waals surface area contributed by atoms with Gasteiger partial charge in [0, 0.05) is 6.54 Å². The highest BCUT2D eigenvalue weighted by atomic mass is 19.4. The van der Waals surface area contributed by atoms with Crippen molar-refractivity contribution in [2.45, 2.75) is 32.5 Å². The van der Waals surface area contributed by atoms with E-state index in [4.69, 9.17) is 4.74 Å². The molecule has 102 valence electrons. The summed E-state index contributed by atoms with van der Waals surface area (Å²) in [6.45, 7) is 5.52. The first-order valence-corrected chi connectivity index (χ1v) is 5.98. The van der Waals surface area contributed by atoms with Crippen molar-refractivity contribution in [3.05, 3.63) is 29.8 Å². The number of hydrogen-bond donors (Lipinski definition) is 1. The standard InChI is InChI=1S/C13H18F3NO/c1-3-8-17-9-10(2)18-12-6-4-11(5-7-12)13(14,15)16/h4-7,10,17H,3,8-9H2,1-2H3. The van der Waals surface area contributed by atoms with Gasteiger partial charge in [0.25, 0.3) is 0 Å². The third-order valence-electron chi connectivity index (χ3n) is 2.38. The third-order valence-corrected chi connectivity index (χ3v) is 2.38. The number of halogens is 3. The summed E-state index contributed by atoms with van der Waals surface area (Å²) in [7, 11) is 0. The molecule has 0 aliphatic rings. The van der Waals surface area contributed by atoms with Crippen molar-refractivity contribution in [1.29, 1.82) is 0 Å². The molecule has 0 saturated carbocycles. The van der Waals surface area contributed by atoms with E-state index in [1.807, 2.05) is 6.92 Å². The Morgan fingerprint density at radius 2 is 1.83 bits per heavy atom. The minimum Gasteiger partial charge on any atom is -0.489 e.